The van der Waals surface area contributed by atoms with Crippen molar-refractivity contribution >= 4 is 22.8 Å². The van der Waals surface area contributed by atoms with Gasteiger partial charge in [0.2, 0.25) is 0 Å². The molecule has 7 heteroatoms. The first-order chi connectivity index (χ1) is 13.6. The quantitative estimate of drug-likeness (QED) is 0.755. The van der Waals surface area contributed by atoms with Crippen LogP contribution in [0.15, 0.2) is 48.8 Å². The SMILES string of the molecule is Cc1ccc(OCC(=O)N2CCN(C(=O)c3ccc4nc[nH]c4c3)CC2)cc1. The van der Waals surface area contributed by atoms with E-state index in [-0.39, 0.29) is 18.4 Å². The minimum Gasteiger partial charge on any atom is -0.484 e. The van der Waals surface area contributed by atoms with Crippen LogP contribution in [0.2, 0.25) is 0 Å². The average molecular weight is 378 g/mol. The van der Waals surface area contributed by atoms with Gasteiger partial charge in [0.1, 0.15) is 5.75 Å². The van der Waals surface area contributed by atoms with Gasteiger partial charge in [-0.15, -0.1) is 0 Å². The highest BCUT2D eigenvalue weighted by Gasteiger charge is 2.25. The number of aromatic amines is 1. The Hall–Kier alpha value is -3.35. The molecule has 2 aromatic carbocycles. The minimum atomic E-state index is -0.0634. The topological polar surface area (TPSA) is 78.5 Å². The van der Waals surface area contributed by atoms with Crippen molar-refractivity contribution < 1.29 is 14.3 Å². The summed E-state index contributed by atoms with van der Waals surface area (Å²) in [5.41, 5.74) is 3.44. The molecule has 1 aliphatic rings. The normalized spacial score (nSPS) is 14.3. The van der Waals surface area contributed by atoms with Gasteiger partial charge in [-0.05, 0) is 37.3 Å². The fraction of sp³-hybridized carbons (Fsp3) is 0.286. The van der Waals surface area contributed by atoms with Crippen molar-refractivity contribution in [2.24, 2.45) is 0 Å². The van der Waals surface area contributed by atoms with E-state index in [0.717, 1.165) is 16.6 Å². The van der Waals surface area contributed by atoms with Crippen LogP contribution in [-0.2, 0) is 4.79 Å². The van der Waals surface area contributed by atoms with E-state index in [1.165, 1.54) is 0 Å². The summed E-state index contributed by atoms with van der Waals surface area (Å²) < 4.78 is 5.57. The number of imidazole rings is 1. The summed E-state index contributed by atoms with van der Waals surface area (Å²) in [4.78, 5) is 35.8. The number of carbonyl (C=O) groups excluding carboxylic acids is 2. The van der Waals surface area contributed by atoms with Crippen molar-refractivity contribution in [1.82, 2.24) is 19.8 Å². The Balaban J connectivity index is 1.30. The molecule has 3 aromatic rings. The lowest BCUT2D eigenvalue weighted by molar-refractivity contribution is -0.134. The molecule has 1 aliphatic heterocycles. The number of benzene rings is 2. The van der Waals surface area contributed by atoms with Gasteiger partial charge in [0.25, 0.3) is 11.8 Å². The molecule has 0 unspecified atom stereocenters. The number of ether oxygens (including phenoxy) is 1. The fourth-order valence-corrected chi connectivity index (χ4v) is 3.28. The molecule has 2 amide bonds. The monoisotopic (exact) mass is 378 g/mol. The second-order valence-corrected chi connectivity index (χ2v) is 6.91. The third-order valence-electron chi connectivity index (χ3n) is 4.97. The largest absolute Gasteiger partial charge is 0.484 e. The Bertz CT molecular complexity index is 988. The van der Waals surface area contributed by atoms with Crippen molar-refractivity contribution in [3.63, 3.8) is 0 Å². The number of amides is 2. The molecule has 0 radical (unpaired) electrons. The van der Waals surface area contributed by atoms with E-state index in [4.69, 9.17) is 4.74 Å². The maximum Gasteiger partial charge on any atom is 0.260 e. The third kappa shape index (κ3) is 3.83. The summed E-state index contributed by atoms with van der Waals surface area (Å²) >= 11 is 0. The van der Waals surface area contributed by atoms with Crippen LogP contribution in [0.25, 0.3) is 11.0 Å². The van der Waals surface area contributed by atoms with E-state index in [1.807, 2.05) is 43.3 Å². The molecule has 4 rings (SSSR count). The first-order valence-electron chi connectivity index (χ1n) is 9.30. The molecule has 1 N–H and O–H groups in total. The van der Waals surface area contributed by atoms with Crippen LogP contribution >= 0.6 is 0 Å². The van der Waals surface area contributed by atoms with Crippen LogP contribution in [-0.4, -0.2) is 64.4 Å². The standard InChI is InChI=1S/C21H22N4O3/c1-15-2-5-17(6-3-15)28-13-20(26)24-8-10-25(11-9-24)21(27)16-4-7-18-19(12-16)23-14-22-18/h2-7,12,14H,8-11,13H2,1H3,(H,22,23). The van der Waals surface area contributed by atoms with Gasteiger partial charge in [0, 0.05) is 31.7 Å². The van der Waals surface area contributed by atoms with Crippen LogP contribution in [0.4, 0.5) is 0 Å². The molecule has 0 bridgehead atoms. The molecule has 0 spiro atoms. The first-order valence-corrected chi connectivity index (χ1v) is 9.30. The van der Waals surface area contributed by atoms with Gasteiger partial charge in [-0.3, -0.25) is 9.59 Å². The van der Waals surface area contributed by atoms with Crippen LogP contribution in [0.1, 0.15) is 15.9 Å². The Morgan fingerprint density at radius 3 is 2.50 bits per heavy atom. The highest BCUT2D eigenvalue weighted by atomic mass is 16.5. The molecular formula is C21H22N4O3. The smallest absolute Gasteiger partial charge is 0.260 e. The van der Waals surface area contributed by atoms with Crippen LogP contribution in [0, 0.1) is 6.92 Å². The maximum atomic E-state index is 12.7. The number of piperazine rings is 1. The number of hydrogen-bond donors (Lipinski definition) is 1. The Labute approximate surface area is 162 Å². The van der Waals surface area contributed by atoms with Gasteiger partial charge in [0.05, 0.1) is 17.4 Å². The number of H-pyrrole nitrogens is 1. The van der Waals surface area contributed by atoms with Crippen molar-refractivity contribution in [2.45, 2.75) is 6.92 Å². The fourth-order valence-electron chi connectivity index (χ4n) is 3.28. The van der Waals surface area contributed by atoms with Crippen LogP contribution in [0.3, 0.4) is 0 Å². The molecule has 1 aromatic heterocycles. The van der Waals surface area contributed by atoms with Gasteiger partial charge in [-0.1, -0.05) is 17.7 Å². The molecule has 0 saturated carbocycles. The number of hydrogen-bond acceptors (Lipinski definition) is 4. The van der Waals surface area contributed by atoms with E-state index >= 15 is 0 Å². The molecular weight excluding hydrogens is 356 g/mol. The number of aryl methyl sites for hydroxylation is 1. The number of nitrogens with one attached hydrogen (secondary N) is 1. The van der Waals surface area contributed by atoms with E-state index in [9.17, 15) is 9.59 Å². The van der Waals surface area contributed by atoms with Crippen LogP contribution in [0.5, 0.6) is 5.75 Å². The molecule has 0 aliphatic carbocycles. The Kier molecular flexibility index (Phi) is 4.97. The zero-order valence-electron chi connectivity index (χ0n) is 15.7. The van der Waals surface area contributed by atoms with Gasteiger partial charge < -0.3 is 19.5 Å². The number of aromatic nitrogens is 2. The summed E-state index contributed by atoms with van der Waals surface area (Å²) in [6.07, 6.45) is 1.61. The highest BCUT2D eigenvalue weighted by molar-refractivity contribution is 5.97. The van der Waals surface area contributed by atoms with Gasteiger partial charge in [-0.25, -0.2) is 4.98 Å². The average Bonchev–Trinajstić information content (AvgIpc) is 3.20. The van der Waals surface area contributed by atoms with Crippen molar-refractivity contribution in [3.05, 3.63) is 59.9 Å². The summed E-state index contributed by atoms with van der Waals surface area (Å²) in [6, 6.07) is 13.1. The lowest BCUT2D eigenvalue weighted by atomic mass is 10.1. The molecule has 2 heterocycles. The molecule has 0 atom stereocenters. The van der Waals surface area contributed by atoms with Crippen molar-refractivity contribution in [1.29, 1.82) is 0 Å². The van der Waals surface area contributed by atoms with Crippen molar-refractivity contribution in [2.75, 3.05) is 32.8 Å². The zero-order chi connectivity index (χ0) is 19.5. The van der Waals surface area contributed by atoms with Gasteiger partial charge in [0.15, 0.2) is 6.61 Å². The number of rotatable bonds is 4. The molecule has 1 saturated heterocycles. The predicted octanol–water partition coefficient (Wildman–Crippen LogP) is 2.23. The lowest BCUT2D eigenvalue weighted by Gasteiger charge is -2.34. The van der Waals surface area contributed by atoms with E-state index < -0.39 is 0 Å². The summed E-state index contributed by atoms with van der Waals surface area (Å²) in [6.45, 7) is 4.05. The molecule has 28 heavy (non-hydrogen) atoms. The number of carbonyl (C=O) groups is 2. The number of nitrogens with zero attached hydrogens (tertiary/aromatic N) is 3. The summed E-state index contributed by atoms with van der Waals surface area (Å²) in [5, 5.41) is 0. The summed E-state index contributed by atoms with van der Waals surface area (Å²) in [7, 11) is 0. The Morgan fingerprint density at radius 1 is 1.04 bits per heavy atom. The van der Waals surface area contributed by atoms with Gasteiger partial charge in [-0.2, -0.15) is 0 Å². The predicted molar refractivity (Wildman–Crippen MR) is 105 cm³/mol. The molecule has 144 valence electrons. The third-order valence-corrected chi connectivity index (χ3v) is 4.97. The number of fused-ring (bicyclic) bond motifs is 1. The van der Waals surface area contributed by atoms with E-state index in [1.54, 1.807) is 22.2 Å². The lowest BCUT2D eigenvalue weighted by Crippen LogP contribution is -2.51. The molecule has 1 fully saturated rings. The minimum absolute atomic E-state index is 0.00744. The Morgan fingerprint density at radius 2 is 1.75 bits per heavy atom. The molecule has 7 nitrogen and oxygen atoms in total. The maximum absolute atomic E-state index is 12.7. The van der Waals surface area contributed by atoms with Crippen LogP contribution < -0.4 is 4.74 Å². The van der Waals surface area contributed by atoms with Gasteiger partial charge >= 0.3 is 0 Å². The summed E-state index contributed by atoms with van der Waals surface area (Å²) in [5.74, 6) is 0.591. The van der Waals surface area contributed by atoms with Crippen molar-refractivity contribution in [3.8, 4) is 5.75 Å². The zero-order valence-corrected chi connectivity index (χ0v) is 15.7. The first kappa shape index (κ1) is 18.0. The van der Waals surface area contributed by atoms with E-state index in [0.29, 0.717) is 37.5 Å². The second kappa shape index (κ2) is 7.72. The van der Waals surface area contributed by atoms with E-state index in [2.05, 4.69) is 9.97 Å². The highest BCUT2D eigenvalue weighted by Crippen LogP contribution is 2.15. The second-order valence-electron chi connectivity index (χ2n) is 6.91.